The number of aromatic nitrogens is 1. The monoisotopic (exact) mass is 528 g/mol. The van der Waals surface area contributed by atoms with Crippen molar-refractivity contribution in [2.45, 2.75) is 44.1 Å². The van der Waals surface area contributed by atoms with Crippen LogP contribution in [0.5, 0.6) is 0 Å². The fraction of sp³-hybridized carbons (Fsp3) is 0.462. The number of benzene rings is 2. The average molecular weight is 529 g/mol. The first-order chi connectivity index (χ1) is 17.5. The van der Waals surface area contributed by atoms with Crippen LogP contribution in [0.2, 0.25) is 0 Å². The largest absolute Gasteiger partial charge is 0.401 e. The summed E-state index contributed by atoms with van der Waals surface area (Å²) in [4.78, 5) is 6.00. The number of rotatable bonds is 7. The van der Waals surface area contributed by atoms with Crippen LogP contribution in [0.25, 0.3) is 10.9 Å². The highest BCUT2D eigenvalue weighted by atomic mass is 19.4. The van der Waals surface area contributed by atoms with Gasteiger partial charge in [-0.2, -0.15) is 13.2 Å². The van der Waals surface area contributed by atoms with E-state index in [0.29, 0.717) is 42.5 Å². The molecule has 0 radical (unpaired) electrons. The van der Waals surface area contributed by atoms with Gasteiger partial charge in [-0.3, -0.25) is 14.2 Å². The van der Waals surface area contributed by atoms with Crippen molar-refractivity contribution in [3.63, 3.8) is 0 Å². The third kappa shape index (κ3) is 5.16. The van der Waals surface area contributed by atoms with Crippen LogP contribution in [-0.2, 0) is 6.42 Å². The van der Waals surface area contributed by atoms with Crippen LogP contribution in [-0.4, -0.2) is 65.9 Å². The van der Waals surface area contributed by atoms with Crippen molar-refractivity contribution < 1.29 is 30.7 Å². The molecule has 3 aromatic rings. The van der Waals surface area contributed by atoms with Crippen LogP contribution in [0.1, 0.15) is 36.2 Å². The van der Waals surface area contributed by atoms with E-state index in [9.17, 15) is 22.0 Å². The summed E-state index contributed by atoms with van der Waals surface area (Å²) >= 11 is 0. The Hall–Kier alpha value is -2.79. The Labute approximate surface area is 209 Å². The van der Waals surface area contributed by atoms with Gasteiger partial charge < -0.3 is 10.3 Å². The number of fused-ring (bicyclic) bond motifs is 3. The lowest BCUT2D eigenvalue weighted by Gasteiger charge is -2.41. The van der Waals surface area contributed by atoms with Crippen molar-refractivity contribution in [1.29, 1.82) is 0 Å². The van der Waals surface area contributed by atoms with E-state index in [0.717, 1.165) is 17.0 Å². The third-order valence-electron chi connectivity index (χ3n) is 7.22. The summed E-state index contributed by atoms with van der Waals surface area (Å²) in [6, 6.07) is 4.03. The number of nitrogens with one attached hydrogen (secondary N) is 2. The molecule has 2 atom stereocenters. The highest BCUT2D eigenvalue weighted by molar-refractivity contribution is 5.85. The smallest absolute Gasteiger partial charge is 0.380 e. The number of alkyl halides is 4. The number of halogens is 7. The zero-order valence-electron chi connectivity index (χ0n) is 20.1. The minimum absolute atomic E-state index is 0.0732. The van der Waals surface area contributed by atoms with Gasteiger partial charge >= 0.3 is 6.18 Å². The number of anilines is 1. The molecular weight excluding hydrogens is 501 g/mol. The standard InChI is InChI=1S/C26H27F7N4/c1-14-7-19-18-4-3-15(28)8-22(18)35-24(19)25(37(14)13-26(31,32)33)23-20(29)9-16(10-21(23)30)34-17-11-36(12-17)6-2-5-27/h3-4,8-10,14,17,25,34-35H,2,5-7,11-13H2,1H3/t14?,25-/m1/s1. The molecule has 200 valence electrons. The molecular formula is C26H27F7N4. The van der Waals surface area contributed by atoms with E-state index in [-0.39, 0.29) is 23.8 Å². The van der Waals surface area contributed by atoms with Gasteiger partial charge in [-0.25, -0.2) is 13.2 Å². The van der Waals surface area contributed by atoms with Crippen molar-refractivity contribution in [1.82, 2.24) is 14.8 Å². The second-order valence-corrected chi connectivity index (χ2v) is 9.95. The van der Waals surface area contributed by atoms with E-state index in [1.165, 1.54) is 18.2 Å². The molecule has 2 N–H and O–H groups in total. The normalized spacial score (nSPS) is 21.3. The molecule has 2 aliphatic rings. The van der Waals surface area contributed by atoms with Crippen LogP contribution in [0.3, 0.4) is 0 Å². The van der Waals surface area contributed by atoms with Crippen molar-refractivity contribution in [3.05, 3.63) is 64.6 Å². The maximum atomic E-state index is 15.5. The van der Waals surface area contributed by atoms with Gasteiger partial charge in [0.1, 0.15) is 17.5 Å². The molecule has 1 aromatic heterocycles. The molecule has 11 heteroatoms. The summed E-state index contributed by atoms with van der Waals surface area (Å²) in [6.07, 6.45) is -3.98. The van der Waals surface area contributed by atoms with Gasteiger partial charge in [-0.1, -0.05) is 0 Å². The van der Waals surface area contributed by atoms with Crippen molar-refractivity contribution in [2.75, 3.05) is 38.2 Å². The fourth-order valence-electron chi connectivity index (χ4n) is 5.59. The van der Waals surface area contributed by atoms with E-state index in [1.54, 1.807) is 6.92 Å². The first-order valence-electron chi connectivity index (χ1n) is 12.2. The maximum absolute atomic E-state index is 15.5. The summed E-state index contributed by atoms with van der Waals surface area (Å²) in [7, 11) is 0. The van der Waals surface area contributed by atoms with Gasteiger partial charge in [-0.15, -0.1) is 0 Å². The van der Waals surface area contributed by atoms with Gasteiger partial charge in [0.25, 0.3) is 0 Å². The highest BCUT2D eigenvalue weighted by Crippen LogP contribution is 2.44. The van der Waals surface area contributed by atoms with E-state index in [1.807, 2.05) is 4.90 Å². The molecule has 2 aromatic carbocycles. The van der Waals surface area contributed by atoms with Crippen LogP contribution in [0, 0.1) is 17.5 Å². The molecule has 37 heavy (non-hydrogen) atoms. The summed E-state index contributed by atoms with van der Waals surface area (Å²) in [5, 5.41) is 3.66. The van der Waals surface area contributed by atoms with Gasteiger partial charge in [-0.05, 0) is 55.7 Å². The number of nitrogens with zero attached hydrogens (tertiary/aromatic N) is 2. The molecule has 0 amide bonds. The minimum Gasteiger partial charge on any atom is -0.380 e. The zero-order chi connectivity index (χ0) is 26.5. The number of hydrogen-bond donors (Lipinski definition) is 2. The van der Waals surface area contributed by atoms with Crippen molar-refractivity contribution >= 4 is 16.6 Å². The second kappa shape index (κ2) is 9.83. The highest BCUT2D eigenvalue weighted by Gasteiger charge is 2.44. The predicted molar refractivity (Wildman–Crippen MR) is 127 cm³/mol. The molecule has 3 heterocycles. The van der Waals surface area contributed by atoms with Crippen LogP contribution >= 0.6 is 0 Å². The second-order valence-electron chi connectivity index (χ2n) is 9.95. The summed E-state index contributed by atoms with van der Waals surface area (Å²) < 4.78 is 98.0. The zero-order valence-corrected chi connectivity index (χ0v) is 20.1. The molecule has 2 aliphatic heterocycles. The average Bonchev–Trinajstić information content (AvgIpc) is 3.12. The van der Waals surface area contributed by atoms with Crippen molar-refractivity contribution in [2.24, 2.45) is 0 Å². The molecule has 0 bridgehead atoms. The Kier molecular flexibility index (Phi) is 6.86. The molecule has 1 fully saturated rings. The molecule has 5 rings (SSSR count). The van der Waals surface area contributed by atoms with Gasteiger partial charge in [0.15, 0.2) is 0 Å². The van der Waals surface area contributed by atoms with Crippen LogP contribution in [0.15, 0.2) is 30.3 Å². The SMILES string of the molecule is CC1Cc2c([nH]c3cc(F)ccc23)[C@@H](c2c(F)cc(NC3CN(CCCF)C3)cc2F)N1CC(F)(F)F. The molecule has 1 saturated heterocycles. The van der Waals surface area contributed by atoms with E-state index in [2.05, 4.69) is 10.3 Å². The fourth-order valence-corrected chi connectivity index (χ4v) is 5.59. The first kappa shape index (κ1) is 25.8. The third-order valence-corrected chi connectivity index (χ3v) is 7.22. The van der Waals surface area contributed by atoms with Crippen LogP contribution < -0.4 is 5.32 Å². The Balaban J connectivity index is 1.51. The topological polar surface area (TPSA) is 34.3 Å². The number of hydrogen-bond acceptors (Lipinski definition) is 3. The summed E-state index contributed by atoms with van der Waals surface area (Å²) in [5.41, 5.74) is 0.892. The maximum Gasteiger partial charge on any atom is 0.401 e. The van der Waals surface area contributed by atoms with Gasteiger partial charge in [0, 0.05) is 53.5 Å². The van der Waals surface area contributed by atoms with Gasteiger partial charge in [0.05, 0.1) is 25.3 Å². The Morgan fingerprint density at radius 2 is 1.76 bits per heavy atom. The van der Waals surface area contributed by atoms with Gasteiger partial charge in [0.2, 0.25) is 0 Å². The molecule has 0 saturated carbocycles. The molecule has 1 unspecified atom stereocenters. The predicted octanol–water partition coefficient (Wildman–Crippen LogP) is 5.94. The molecule has 0 spiro atoms. The number of aromatic amines is 1. The Morgan fingerprint density at radius 3 is 2.41 bits per heavy atom. The van der Waals surface area contributed by atoms with Crippen molar-refractivity contribution in [3.8, 4) is 0 Å². The first-order valence-corrected chi connectivity index (χ1v) is 12.2. The van der Waals surface area contributed by atoms with E-state index in [4.69, 9.17) is 0 Å². The number of H-pyrrole nitrogens is 1. The summed E-state index contributed by atoms with van der Waals surface area (Å²) in [6.45, 7) is 1.60. The summed E-state index contributed by atoms with van der Waals surface area (Å²) in [5.74, 6) is -2.48. The minimum atomic E-state index is -4.60. The number of likely N-dealkylation sites (tertiary alicyclic amines) is 1. The van der Waals surface area contributed by atoms with E-state index < -0.39 is 54.5 Å². The quantitative estimate of drug-likeness (QED) is 0.373. The molecule has 0 aliphatic carbocycles. The Bertz CT molecular complexity index is 1260. The Morgan fingerprint density at radius 1 is 1.05 bits per heavy atom. The lowest BCUT2D eigenvalue weighted by Crippen LogP contribution is -2.54. The van der Waals surface area contributed by atoms with Crippen LogP contribution in [0.4, 0.5) is 36.4 Å². The lowest BCUT2D eigenvalue weighted by molar-refractivity contribution is -0.155. The van der Waals surface area contributed by atoms with E-state index >= 15 is 8.78 Å². The lowest BCUT2D eigenvalue weighted by atomic mass is 9.88. The molecule has 4 nitrogen and oxygen atoms in total.